The van der Waals surface area contributed by atoms with Crippen LogP contribution < -0.4 is 5.32 Å². The van der Waals surface area contributed by atoms with Crippen LogP contribution in [0.15, 0.2) is 24.3 Å². The number of nitrogens with one attached hydrogen (secondary N) is 1. The summed E-state index contributed by atoms with van der Waals surface area (Å²) in [6, 6.07) is 7.56. The topological polar surface area (TPSA) is 56.8 Å². The van der Waals surface area contributed by atoms with Crippen LogP contribution in [0.4, 0.5) is 0 Å². The quantitative estimate of drug-likeness (QED) is 0.497. The molecule has 0 bridgehead atoms. The average molecular weight is 295 g/mol. The first-order valence-electron chi connectivity index (χ1n) is 7.26. The van der Waals surface area contributed by atoms with E-state index in [-0.39, 0.29) is 5.97 Å². The number of likely N-dealkylation sites (N-methyl/N-ethyl adjacent to an activating group) is 1. The molecule has 5 heteroatoms. The van der Waals surface area contributed by atoms with Crippen molar-refractivity contribution in [2.75, 3.05) is 47.1 Å². The van der Waals surface area contributed by atoms with Gasteiger partial charge in [-0.2, -0.15) is 0 Å². The first-order chi connectivity index (χ1) is 10.3. The highest BCUT2D eigenvalue weighted by molar-refractivity contribution is 5.91. The van der Waals surface area contributed by atoms with Crippen LogP contribution in [0.3, 0.4) is 0 Å². The Kier molecular flexibility index (Phi) is 9.44. The van der Waals surface area contributed by atoms with Gasteiger partial charge in [0.25, 0.3) is 0 Å². The van der Waals surface area contributed by atoms with E-state index in [1.807, 2.05) is 31.3 Å². The third kappa shape index (κ3) is 7.22. The van der Waals surface area contributed by atoms with Crippen molar-refractivity contribution in [1.29, 1.82) is 0 Å². The van der Waals surface area contributed by atoms with Crippen LogP contribution in [0.1, 0.15) is 22.3 Å². The van der Waals surface area contributed by atoms with E-state index in [0.29, 0.717) is 38.4 Å². The molecule has 0 spiro atoms. The molecule has 0 saturated heterocycles. The fourth-order valence-electron chi connectivity index (χ4n) is 1.85. The van der Waals surface area contributed by atoms with Gasteiger partial charge in [-0.3, -0.25) is 0 Å². The molecule has 0 unspecified atom stereocenters. The summed E-state index contributed by atoms with van der Waals surface area (Å²) < 4.78 is 15.5. The number of esters is 1. The highest BCUT2D eigenvalue weighted by Gasteiger charge is 2.11. The highest BCUT2D eigenvalue weighted by Crippen LogP contribution is 2.11. The van der Waals surface area contributed by atoms with Crippen molar-refractivity contribution in [3.8, 4) is 0 Å². The molecule has 0 amide bonds. The molecule has 0 saturated carbocycles. The maximum absolute atomic E-state index is 12.1. The molecule has 0 aromatic heterocycles. The van der Waals surface area contributed by atoms with Gasteiger partial charge in [0.15, 0.2) is 0 Å². The lowest BCUT2D eigenvalue weighted by Gasteiger charge is -2.09. The van der Waals surface area contributed by atoms with Gasteiger partial charge in [0.05, 0.1) is 25.4 Å². The lowest BCUT2D eigenvalue weighted by atomic mass is 10.0. The molecular formula is C16H25NO4. The number of methoxy groups -OCH3 is 1. The van der Waals surface area contributed by atoms with Crippen molar-refractivity contribution in [3.05, 3.63) is 35.4 Å². The number of hydrogen-bond donors (Lipinski definition) is 1. The molecule has 0 heterocycles. The summed E-state index contributed by atoms with van der Waals surface area (Å²) in [5.41, 5.74) is 1.65. The lowest BCUT2D eigenvalue weighted by molar-refractivity contribution is 0.0384. The Morgan fingerprint density at radius 3 is 2.71 bits per heavy atom. The fourth-order valence-corrected chi connectivity index (χ4v) is 1.85. The largest absolute Gasteiger partial charge is 0.462 e. The zero-order valence-electron chi connectivity index (χ0n) is 12.9. The minimum atomic E-state index is -0.265. The molecule has 118 valence electrons. The van der Waals surface area contributed by atoms with Crippen LogP contribution in [0.5, 0.6) is 0 Å². The molecule has 0 radical (unpaired) electrons. The lowest BCUT2D eigenvalue weighted by Crippen LogP contribution is -2.15. The van der Waals surface area contributed by atoms with Crippen molar-refractivity contribution < 1.29 is 19.0 Å². The van der Waals surface area contributed by atoms with E-state index in [1.54, 1.807) is 7.11 Å². The minimum Gasteiger partial charge on any atom is -0.462 e. The molecule has 1 aromatic carbocycles. The van der Waals surface area contributed by atoms with Crippen LogP contribution in [0.25, 0.3) is 0 Å². The third-order valence-electron chi connectivity index (χ3n) is 2.98. The smallest absolute Gasteiger partial charge is 0.338 e. The van der Waals surface area contributed by atoms with Crippen LogP contribution in [0.2, 0.25) is 0 Å². The predicted octanol–water partition coefficient (Wildman–Crippen LogP) is 1.66. The van der Waals surface area contributed by atoms with Crippen molar-refractivity contribution in [2.45, 2.75) is 12.8 Å². The Bertz CT molecular complexity index is 409. The second kappa shape index (κ2) is 11.3. The first-order valence-corrected chi connectivity index (χ1v) is 7.26. The Hall–Kier alpha value is -1.43. The molecule has 1 aromatic rings. The molecule has 0 fully saturated rings. The van der Waals surface area contributed by atoms with Gasteiger partial charge in [-0.1, -0.05) is 18.2 Å². The van der Waals surface area contributed by atoms with Gasteiger partial charge < -0.3 is 19.5 Å². The molecule has 0 aliphatic carbocycles. The normalized spacial score (nSPS) is 10.6. The van der Waals surface area contributed by atoms with Crippen LogP contribution in [-0.4, -0.2) is 53.1 Å². The zero-order valence-corrected chi connectivity index (χ0v) is 12.9. The van der Waals surface area contributed by atoms with Crippen molar-refractivity contribution in [3.63, 3.8) is 0 Å². The van der Waals surface area contributed by atoms with E-state index in [9.17, 15) is 4.79 Å². The van der Waals surface area contributed by atoms with E-state index in [1.165, 1.54) is 0 Å². The van der Waals surface area contributed by atoms with Gasteiger partial charge in [0, 0.05) is 20.1 Å². The third-order valence-corrected chi connectivity index (χ3v) is 2.98. The van der Waals surface area contributed by atoms with Crippen LogP contribution in [-0.2, 0) is 20.6 Å². The average Bonchev–Trinajstić information content (AvgIpc) is 2.52. The van der Waals surface area contributed by atoms with Crippen LogP contribution in [0, 0.1) is 0 Å². The summed E-state index contributed by atoms with van der Waals surface area (Å²) in [6.07, 6.45) is 1.50. The first kappa shape index (κ1) is 17.6. The van der Waals surface area contributed by atoms with Gasteiger partial charge >= 0.3 is 5.97 Å². The number of carbonyl (C=O) groups excluding carboxylic acids is 1. The molecule has 1 N–H and O–H groups in total. The summed E-state index contributed by atoms with van der Waals surface area (Å²) in [7, 11) is 3.53. The summed E-state index contributed by atoms with van der Waals surface area (Å²) >= 11 is 0. The standard InChI is InChI=1S/C16H25NO4/c1-17-9-8-14-6-3-4-7-15(14)16(18)21-11-5-10-20-13-12-19-2/h3-4,6-7,17H,5,8-13H2,1-2H3. The SMILES string of the molecule is CNCCc1ccccc1C(=O)OCCCOCCOC. The van der Waals surface area contributed by atoms with Crippen molar-refractivity contribution >= 4 is 5.97 Å². The Balaban J connectivity index is 2.31. The minimum absolute atomic E-state index is 0.265. The van der Waals surface area contributed by atoms with Crippen LogP contribution >= 0.6 is 0 Å². The second-order valence-corrected chi connectivity index (χ2v) is 4.61. The van der Waals surface area contributed by atoms with Crippen molar-refractivity contribution in [2.24, 2.45) is 0 Å². The van der Waals surface area contributed by atoms with E-state index in [2.05, 4.69) is 5.32 Å². The maximum atomic E-state index is 12.1. The Morgan fingerprint density at radius 1 is 1.14 bits per heavy atom. The fraction of sp³-hybridized carbons (Fsp3) is 0.562. The van der Waals surface area contributed by atoms with Gasteiger partial charge in [0.2, 0.25) is 0 Å². The molecule has 0 aliphatic rings. The molecule has 21 heavy (non-hydrogen) atoms. The summed E-state index contributed by atoms with van der Waals surface area (Å²) in [6.45, 7) is 2.91. The van der Waals surface area contributed by atoms with E-state index >= 15 is 0 Å². The highest BCUT2D eigenvalue weighted by atomic mass is 16.5. The van der Waals surface area contributed by atoms with E-state index in [4.69, 9.17) is 14.2 Å². The number of carbonyl (C=O) groups is 1. The zero-order chi connectivity index (χ0) is 15.3. The van der Waals surface area contributed by atoms with Gasteiger partial charge in [-0.25, -0.2) is 4.79 Å². The van der Waals surface area contributed by atoms with E-state index < -0.39 is 0 Å². The second-order valence-electron chi connectivity index (χ2n) is 4.61. The monoisotopic (exact) mass is 295 g/mol. The number of hydrogen-bond acceptors (Lipinski definition) is 5. The number of ether oxygens (including phenoxy) is 3. The number of rotatable bonds is 11. The maximum Gasteiger partial charge on any atom is 0.338 e. The molecule has 1 rings (SSSR count). The summed E-state index contributed by atoms with van der Waals surface area (Å²) in [4.78, 5) is 12.1. The molecule has 0 aliphatic heterocycles. The number of benzene rings is 1. The van der Waals surface area contributed by atoms with Gasteiger partial charge in [0.1, 0.15) is 0 Å². The Labute approximate surface area is 126 Å². The van der Waals surface area contributed by atoms with Gasteiger partial charge in [-0.05, 0) is 31.6 Å². The Morgan fingerprint density at radius 2 is 1.95 bits per heavy atom. The predicted molar refractivity (Wildman–Crippen MR) is 81.7 cm³/mol. The molecular weight excluding hydrogens is 270 g/mol. The summed E-state index contributed by atoms with van der Waals surface area (Å²) in [5.74, 6) is -0.265. The molecule has 5 nitrogen and oxygen atoms in total. The van der Waals surface area contributed by atoms with Gasteiger partial charge in [-0.15, -0.1) is 0 Å². The van der Waals surface area contributed by atoms with E-state index in [0.717, 1.165) is 18.5 Å². The molecule has 0 atom stereocenters. The summed E-state index contributed by atoms with van der Waals surface area (Å²) in [5, 5.41) is 3.08. The van der Waals surface area contributed by atoms with Crippen molar-refractivity contribution in [1.82, 2.24) is 5.32 Å².